The first-order valence-corrected chi connectivity index (χ1v) is 6.48. The van der Waals surface area contributed by atoms with E-state index in [4.69, 9.17) is 0 Å². The first kappa shape index (κ1) is 13.0. The Bertz CT molecular complexity index is 656. The third-order valence-electron chi connectivity index (χ3n) is 4.22. The smallest absolute Gasteiger partial charge is 0.314 e. The van der Waals surface area contributed by atoms with Crippen LogP contribution in [-0.2, 0) is 10.2 Å². The molecule has 2 aromatic rings. The first-order chi connectivity index (χ1) is 9.43. The third kappa shape index (κ3) is 1.95. The summed E-state index contributed by atoms with van der Waals surface area (Å²) in [6, 6.07) is 5.11. The number of hydrogen-bond donors (Lipinski definition) is 2. The molecule has 1 aromatic carbocycles. The average Bonchev–Trinajstić information content (AvgIpc) is 2.86. The highest BCUT2D eigenvalue weighted by Crippen LogP contribution is 2.46. The Labute approximate surface area is 113 Å². The molecule has 0 unspecified atom stereocenters. The number of nitrogens with one attached hydrogen (secondary N) is 1. The molecular formula is C14H14F2N2O2. The van der Waals surface area contributed by atoms with Gasteiger partial charge in [0.1, 0.15) is 0 Å². The third-order valence-corrected chi connectivity index (χ3v) is 4.22. The molecule has 1 aromatic heterocycles. The van der Waals surface area contributed by atoms with Crippen LogP contribution in [0.1, 0.15) is 31.2 Å². The van der Waals surface area contributed by atoms with Gasteiger partial charge in [0.05, 0.1) is 22.8 Å². The Morgan fingerprint density at radius 1 is 1.25 bits per heavy atom. The van der Waals surface area contributed by atoms with Gasteiger partial charge in [0.25, 0.3) is 0 Å². The molecule has 1 aliphatic rings. The van der Waals surface area contributed by atoms with Gasteiger partial charge in [-0.1, -0.05) is 6.07 Å². The zero-order valence-electron chi connectivity index (χ0n) is 10.7. The van der Waals surface area contributed by atoms with Crippen LogP contribution >= 0.6 is 0 Å². The van der Waals surface area contributed by atoms with E-state index in [0.717, 1.165) is 11.0 Å². The molecule has 3 rings (SSSR count). The number of alkyl halides is 2. The molecule has 0 radical (unpaired) electrons. The van der Waals surface area contributed by atoms with Gasteiger partial charge in [-0.15, -0.1) is 0 Å². The fourth-order valence-corrected chi connectivity index (χ4v) is 2.90. The summed E-state index contributed by atoms with van der Waals surface area (Å²) in [6.45, 7) is 0. The minimum atomic E-state index is -2.75. The second kappa shape index (κ2) is 4.26. The molecule has 6 heteroatoms. The van der Waals surface area contributed by atoms with Crippen molar-refractivity contribution in [3.8, 4) is 0 Å². The van der Waals surface area contributed by atoms with E-state index in [1.807, 2.05) is 0 Å². The summed E-state index contributed by atoms with van der Waals surface area (Å²) >= 11 is 0. The van der Waals surface area contributed by atoms with Crippen LogP contribution in [0, 0.1) is 0 Å². The molecule has 1 saturated carbocycles. The number of hydrogen-bond acceptors (Lipinski definition) is 2. The molecule has 2 N–H and O–H groups in total. The van der Waals surface area contributed by atoms with E-state index < -0.39 is 17.3 Å². The van der Waals surface area contributed by atoms with Crippen molar-refractivity contribution in [3.05, 3.63) is 30.1 Å². The molecular weight excluding hydrogens is 266 g/mol. The topological polar surface area (TPSA) is 66.0 Å². The predicted molar refractivity (Wildman–Crippen MR) is 68.8 cm³/mol. The van der Waals surface area contributed by atoms with Crippen LogP contribution in [0.25, 0.3) is 11.0 Å². The summed E-state index contributed by atoms with van der Waals surface area (Å²) in [5.74, 6) is -3.79. The summed E-state index contributed by atoms with van der Waals surface area (Å²) in [4.78, 5) is 18.7. The number of H-pyrrole nitrogens is 1. The van der Waals surface area contributed by atoms with Crippen molar-refractivity contribution in [2.75, 3.05) is 0 Å². The van der Waals surface area contributed by atoms with Crippen LogP contribution in [0.15, 0.2) is 24.5 Å². The first-order valence-electron chi connectivity index (χ1n) is 6.48. The standard InChI is InChI=1S/C14H14F2N2O2/c15-14(16)5-3-13(4-6-14,12(19)20)9-1-2-10-11(7-9)18-8-17-10/h1-2,7-8H,3-6H2,(H,17,18)(H,19,20). The average molecular weight is 280 g/mol. The number of aliphatic carboxylic acids is 1. The number of carboxylic acids is 1. The molecule has 4 nitrogen and oxygen atoms in total. The lowest BCUT2D eigenvalue weighted by Gasteiger charge is -2.37. The van der Waals surface area contributed by atoms with Crippen LogP contribution in [0.5, 0.6) is 0 Å². The van der Waals surface area contributed by atoms with Crippen molar-refractivity contribution in [2.45, 2.75) is 37.0 Å². The van der Waals surface area contributed by atoms with E-state index in [1.165, 1.54) is 6.33 Å². The molecule has 1 aliphatic carbocycles. The minimum absolute atomic E-state index is 0.0466. The van der Waals surface area contributed by atoms with E-state index in [0.29, 0.717) is 5.56 Å². The highest BCUT2D eigenvalue weighted by molar-refractivity contribution is 5.84. The van der Waals surface area contributed by atoms with Crippen LogP contribution in [0.4, 0.5) is 8.78 Å². The zero-order chi connectivity index (χ0) is 14.4. The Morgan fingerprint density at radius 3 is 2.60 bits per heavy atom. The molecule has 0 atom stereocenters. The van der Waals surface area contributed by atoms with Gasteiger partial charge in [-0.05, 0) is 30.5 Å². The van der Waals surface area contributed by atoms with Crippen molar-refractivity contribution >= 4 is 17.0 Å². The number of fused-ring (bicyclic) bond motifs is 1. The lowest BCUT2D eigenvalue weighted by atomic mass is 9.68. The van der Waals surface area contributed by atoms with Gasteiger partial charge in [0, 0.05) is 12.8 Å². The summed E-state index contributed by atoms with van der Waals surface area (Å²) in [6.07, 6.45) is 0.654. The van der Waals surface area contributed by atoms with Crippen LogP contribution in [0.2, 0.25) is 0 Å². The summed E-state index contributed by atoms with van der Waals surface area (Å²) in [5, 5.41) is 9.56. The molecule has 1 fully saturated rings. The number of carboxylic acid groups (broad SMARTS) is 1. The number of aromatic amines is 1. The second-order valence-electron chi connectivity index (χ2n) is 5.38. The molecule has 0 saturated heterocycles. The largest absolute Gasteiger partial charge is 0.481 e. The van der Waals surface area contributed by atoms with Crippen LogP contribution in [0.3, 0.4) is 0 Å². The van der Waals surface area contributed by atoms with Gasteiger partial charge >= 0.3 is 5.97 Å². The van der Waals surface area contributed by atoms with Gasteiger partial charge in [0.15, 0.2) is 0 Å². The highest BCUT2D eigenvalue weighted by atomic mass is 19.3. The van der Waals surface area contributed by atoms with Crippen LogP contribution < -0.4 is 0 Å². The number of rotatable bonds is 2. The zero-order valence-corrected chi connectivity index (χ0v) is 10.7. The highest BCUT2D eigenvalue weighted by Gasteiger charge is 2.49. The van der Waals surface area contributed by atoms with E-state index in [1.54, 1.807) is 18.2 Å². The molecule has 0 bridgehead atoms. The molecule has 0 aliphatic heterocycles. The SMILES string of the molecule is O=C(O)C1(c2ccc3nc[nH]c3c2)CCC(F)(F)CC1. The maximum Gasteiger partial charge on any atom is 0.314 e. The monoisotopic (exact) mass is 280 g/mol. The fraction of sp³-hybridized carbons (Fsp3) is 0.429. The van der Waals surface area contributed by atoms with Gasteiger partial charge in [0.2, 0.25) is 5.92 Å². The molecule has 106 valence electrons. The van der Waals surface area contributed by atoms with Gasteiger partial charge < -0.3 is 10.1 Å². The summed E-state index contributed by atoms with van der Waals surface area (Å²) in [7, 11) is 0. The second-order valence-corrected chi connectivity index (χ2v) is 5.38. The van der Waals surface area contributed by atoms with E-state index in [-0.39, 0.29) is 25.7 Å². The fourth-order valence-electron chi connectivity index (χ4n) is 2.90. The summed E-state index contributed by atoms with van der Waals surface area (Å²) < 4.78 is 26.6. The van der Waals surface area contributed by atoms with Crippen molar-refractivity contribution in [3.63, 3.8) is 0 Å². The van der Waals surface area contributed by atoms with Crippen LogP contribution in [-0.4, -0.2) is 27.0 Å². The predicted octanol–water partition coefficient (Wildman–Crippen LogP) is 3.09. The van der Waals surface area contributed by atoms with Gasteiger partial charge in [-0.3, -0.25) is 4.79 Å². The van der Waals surface area contributed by atoms with Crippen molar-refractivity contribution in [2.24, 2.45) is 0 Å². The number of nitrogens with zero attached hydrogens (tertiary/aromatic N) is 1. The quantitative estimate of drug-likeness (QED) is 0.888. The van der Waals surface area contributed by atoms with E-state index in [9.17, 15) is 18.7 Å². The molecule has 20 heavy (non-hydrogen) atoms. The number of carbonyl (C=O) groups is 1. The van der Waals surface area contributed by atoms with Crippen molar-refractivity contribution in [1.29, 1.82) is 0 Å². The summed E-state index contributed by atoms with van der Waals surface area (Å²) in [5.41, 5.74) is 0.800. The van der Waals surface area contributed by atoms with Crippen molar-refractivity contribution < 1.29 is 18.7 Å². The maximum atomic E-state index is 13.3. The van der Waals surface area contributed by atoms with E-state index in [2.05, 4.69) is 9.97 Å². The minimum Gasteiger partial charge on any atom is -0.481 e. The Morgan fingerprint density at radius 2 is 1.95 bits per heavy atom. The number of aromatic nitrogens is 2. The van der Waals surface area contributed by atoms with Crippen molar-refractivity contribution in [1.82, 2.24) is 9.97 Å². The Hall–Kier alpha value is -1.98. The normalized spacial score (nSPS) is 20.9. The molecule has 1 heterocycles. The number of imidazole rings is 1. The van der Waals surface area contributed by atoms with Gasteiger partial charge in [-0.2, -0.15) is 0 Å². The maximum absolute atomic E-state index is 13.3. The van der Waals surface area contributed by atoms with E-state index >= 15 is 0 Å². The number of halogens is 2. The molecule has 0 spiro atoms. The lowest BCUT2D eigenvalue weighted by Crippen LogP contribution is -2.42. The van der Waals surface area contributed by atoms with Gasteiger partial charge in [-0.25, -0.2) is 13.8 Å². The Kier molecular flexibility index (Phi) is 2.77. The Balaban J connectivity index is 2.04. The lowest BCUT2D eigenvalue weighted by molar-refractivity contribution is -0.149. The number of benzene rings is 1. The molecule has 0 amide bonds.